The van der Waals surface area contributed by atoms with Gasteiger partial charge in [-0.1, -0.05) is 13.8 Å². The summed E-state index contributed by atoms with van der Waals surface area (Å²) in [6, 6.07) is -4.63. The van der Waals surface area contributed by atoms with Crippen molar-refractivity contribution in [2.24, 2.45) is 17.4 Å². The molecule has 0 aliphatic heterocycles. The summed E-state index contributed by atoms with van der Waals surface area (Å²) < 4.78 is 0. The normalized spacial score (nSPS) is 15.6. The number of aliphatic hydroxyl groups excluding tert-OH is 1. The predicted molar refractivity (Wildman–Crippen MR) is 123 cm³/mol. The van der Waals surface area contributed by atoms with Crippen molar-refractivity contribution in [2.45, 2.75) is 76.7 Å². The fourth-order valence-electron chi connectivity index (χ4n) is 3.07. The molecule has 0 spiro atoms. The van der Waals surface area contributed by atoms with Gasteiger partial charge in [-0.15, -0.1) is 0 Å². The number of carboxylic acid groups (broad SMARTS) is 1. The standard InChI is InChI=1S/C21H37N7O6/c1-11(2)16(23)19(31)28-17(12(3)29)20(32)26-14(6-4-5-7-22)18(30)27-15(21(33)34)8-13-9-24-10-25-13/h9-12,14-17,29H,4-8,22-23H2,1-3H3,(H,24,25)(H,26,32)(H,27,30)(H,28,31)(H,33,34). The summed E-state index contributed by atoms with van der Waals surface area (Å²) in [6.07, 6.45) is 2.76. The number of carboxylic acids is 1. The molecule has 1 aromatic heterocycles. The number of aromatic nitrogens is 2. The van der Waals surface area contributed by atoms with E-state index in [2.05, 4.69) is 25.9 Å². The van der Waals surface area contributed by atoms with Crippen LogP contribution in [0.1, 0.15) is 45.7 Å². The fourth-order valence-corrected chi connectivity index (χ4v) is 3.07. The summed E-state index contributed by atoms with van der Waals surface area (Å²) in [4.78, 5) is 56.4. The molecule has 0 bridgehead atoms. The van der Waals surface area contributed by atoms with Crippen LogP contribution in [0.5, 0.6) is 0 Å². The van der Waals surface area contributed by atoms with Gasteiger partial charge in [0.2, 0.25) is 17.7 Å². The van der Waals surface area contributed by atoms with Crippen LogP contribution in [0.25, 0.3) is 0 Å². The van der Waals surface area contributed by atoms with Gasteiger partial charge in [0.15, 0.2) is 0 Å². The zero-order valence-electron chi connectivity index (χ0n) is 19.8. The van der Waals surface area contributed by atoms with E-state index in [9.17, 15) is 29.4 Å². The van der Waals surface area contributed by atoms with Crippen molar-refractivity contribution in [2.75, 3.05) is 6.54 Å². The molecule has 0 saturated carbocycles. The van der Waals surface area contributed by atoms with Gasteiger partial charge in [-0.05, 0) is 38.6 Å². The van der Waals surface area contributed by atoms with Gasteiger partial charge in [0.1, 0.15) is 18.1 Å². The minimum absolute atomic E-state index is 0.0377. The van der Waals surface area contributed by atoms with Gasteiger partial charge in [0, 0.05) is 18.3 Å². The molecular formula is C21H37N7O6. The first-order chi connectivity index (χ1) is 16.0. The third-order valence-corrected chi connectivity index (χ3v) is 5.26. The minimum atomic E-state index is -1.36. The Kier molecular flexibility index (Phi) is 12.2. The van der Waals surface area contributed by atoms with Gasteiger partial charge >= 0.3 is 5.97 Å². The average molecular weight is 484 g/mol. The molecule has 1 aromatic rings. The lowest BCUT2D eigenvalue weighted by molar-refractivity contribution is -0.142. The number of H-pyrrole nitrogens is 1. The Labute approximate surface area is 198 Å². The maximum absolute atomic E-state index is 12.9. The van der Waals surface area contributed by atoms with Crippen LogP contribution >= 0.6 is 0 Å². The number of carbonyl (C=O) groups is 4. The number of nitrogens with zero attached hydrogens (tertiary/aromatic N) is 1. The highest BCUT2D eigenvalue weighted by atomic mass is 16.4. The molecule has 3 amide bonds. The summed E-state index contributed by atoms with van der Waals surface area (Å²) in [5.74, 6) is -3.59. The van der Waals surface area contributed by atoms with Crippen LogP contribution < -0.4 is 27.4 Å². The van der Waals surface area contributed by atoms with Gasteiger partial charge in [-0.3, -0.25) is 14.4 Å². The lowest BCUT2D eigenvalue weighted by Gasteiger charge is -2.27. The molecule has 0 aromatic carbocycles. The topological polar surface area (TPSA) is 226 Å². The Morgan fingerprint density at radius 2 is 1.68 bits per heavy atom. The molecule has 0 radical (unpaired) electrons. The third-order valence-electron chi connectivity index (χ3n) is 5.26. The van der Waals surface area contributed by atoms with E-state index < -0.39 is 54.0 Å². The number of rotatable bonds is 15. The van der Waals surface area contributed by atoms with E-state index in [1.165, 1.54) is 19.4 Å². The Hall–Kier alpha value is -3.03. The second-order valence-corrected chi connectivity index (χ2v) is 8.52. The molecule has 0 aliphatic rings. The van der Waals surface area contributed by atoms with Gasteiger partial charge < -0.3 is 42.6 Å². The number of aliphatic carboxylic acids is 1. The van der Waals surface area contributed by atoms with Crippen LogP contribution in [0.2, 0.25) is 0 Å². The maximum atomic E-state index is 12.9. The molecular weight excluding hydrogens is 446 g/mol. The van der Waals surface area contributed by atoms with E-state index in [1.807, 2.05) is 0 Å². The Morgan fingerprint density at radius 3 is 2.18 bits per heavy atom. The number of hydrogen-bond acceptors (Lipinski definition) is 8. The molecule has 13 heteroatoms. The Bertz CT molecular complexity index is 800. The lowest BCUT2D eigenvalue weighted by Crippen LogP contribution is -2.60. The van der Waals surface area contributed by atoms with Crippen LogP contribution in [0.4, 0.5) is 0 Å². The molecule has 5 atom stereocenters. The van der Waals surface area contributed by atoms with Crippen molar-refractivity contribution in [1.29, 1.82) is 0 Å². The van der Waals surface area contributed by atoms with Crippen molar-refractivity contribution >= 4 is 23.7 Å². The summed E-state index contributed by atoms with van der Waals surface area (Å²) >= 11 is 0. The molecule has 192 valence electrons. The Morgan fingerprint density at radius 1 is 1.03 bits per heavy atom. The van der Waals surface area contributed by atoms with E-state index in [0.29, 0.717) is 25.1 Å². The van der Waals surface area contributed by atoms with Crippen molar-refractivity contribution in [1.82, 2.24) is 25.9 Å². The summed E-state index contributed by atoms with van der Waals surface area (Å²) in [5.41, 5.74) is 11.8. The summed E-state index contributed by atoms with van der Waals surface area (Å²) in [5, 5.41) is 26.9. The van der Waals surface area contributed by atoms with Crippen molar-refractivity contribution in [3.8, 4) is 0 Å². The zero-order valence-corrected chi connectivity index (χ0v) is 19.8. The fraction of sp³-hybridized carbons (Fsp3) is 0.667. The molecule has 1 rings (SSSR count). The number of imidazole rings is 1. The SMILES string of the molecule is CC(C)C(N)C(=O)NC(C(=O)NC(CCCCN)C(=O)NC(Cc1cnc[nH]1)C(=O)O)C(C)O. The number of nitrogens with one attached hydrogen (secondary N) is 4. The minimum Gasteiger partial charge on any atom is -0.480 e. The van der Waals surface area contributed by atoms with Crippen molar-refractivity contribution in [3.63, 3.8) is 0 Å². The highest BCUT2D eigenvalue weighted by Crippen LogP contribution is 2.06. The molecule has 13 nitrogen and oxygen atoms in total. The van der Waals surface area contributed by atoms with Crippen LogP contribution in [-0.4, -0.2) is 80.7 Å². The molecule has 1 heterocycles. The van der Waals surface area contributed by atoms with Crippen molar-refractivity contribution < 1.29 is 29.4 Å². The van der Waals surface area contributed by atoms with Gasteiger partial charge in [0.05, 0.1) is 18.5 Å². The first-order valence-corrected chi connectivity index (χ1v) is 11.2. The largest absolute Gasteiger partial charge is 0.480 e. The number of aliphatic hydroxyl groups is 1. The quantitative estimate of drug-likeness (QED) is 0.129. The molecule has 5 unspecified atom stereocenters. The highest BCUT2D eigenvalue weighted by molar-refractivity contribution is 5.94. The number of carbonyl (C=O) groups excluding carboxylic acids is 3. The summed E-state index contributed by atoms with van der Waals surface area (Å²) in [7, 11) is 0. The van der Waals surface area contributed by atoms with Crippen LogP contribution in [-0.2, 0) is 25.6 Å². The zero-order chi connectivity index (χ0) is 25.8. The van der Waals surface area contributed by atoms with Crippen molar-refractivity contribution in [3.05, 3.63) is 18.2 Å². The van der Waals surface area contributed by atoms with Crippen LogP contribution in [0, 0.1) is 5.92 Å². The van der Waals surface area contributed by atoms with Gasteiger partial charge in [-0.2, -0.15) is 0 Å². The first kappa shape index (κ1) is 29.0. The lowest BCUT2D eigenvalue weighted by atomic mass is 10.0. The number of hydrogen-bond donors (Lipinski definition) is 8. The molecule has 0 fully saturated rings. The van der Waals surface area contributed by atoms with Gasteiger partial charge in [-0.25, -0.2) is 9.78 Å². The third kappa shape index (κ3) is 9.45. The number of amides is 3. The second-order valence-electron chi connectivity index (χ2n) is 8.52. The van der Waals surface area contributed by atoms with Crippen LogP contribution in [0.3, 0.4) is 0 Å². The predicted octanol–water partition coefficient (Wildman–Crippen LogP) is -2.02. The van der Waals surface area contributed by atoms with Crippen LogP contribution in [0.15, 0.2) is 12.5 Å². The molecule has 10 N–H and O–H groups in total. The van der Waals surface area contributed by atoms with E-state index in [1.54, 1.807) is 13.8 Å². The molecule has 34 heavy (non-hydrogen) atoms. The smallest absolute Gasteiger partial charge is 0.326 e. The van der Waals surface area contributed by atoms with Gasteiger partial charge in [0.25, 0.3) is 0 Å². The average Bonchev–Trinajstić information content (AvgIpc) is 3.28. The van der Waals surface area contributed by atoms with E-state index in [0.717, 1.165) is 0 Å². The second kappa shape index (κ2) is 14.3. The highest BCUT2D eigenvalue weighted by Gasteiger charge is 2.32. The summed E-state index contributed by atoms with van der Waals surface area (Å²) in [6.45, 7) is 5.17. The first-order valence-electron chi connectivity index (χ1n) is 11.2. The number of nitrogens with two attached hydrogens (primary N) is 2. The van der Waals surface area contributed by atoms with E-state index in [4.69, 9.17) is 11.5 Å². The number of aromatic amines is 1. The van der Waals surface area contributed by atoms with E-state index >= 15 is 0 Å². The molecule has 0 aliphatic carbocycles. The maximum Gasteiger partial charge on any atom is 0.326 e. The number of unbranched alkanes of at least 4 members (excludes halogenated alkanes) is 1. The Balaban J connectivity index is 2.96. The molecule has 0 saturated heterocycles. The van der Waals surface area contributed by atoms with E-state index in [-0.39, 0.29) is 18.8 Å². The monoisotopic (exact) mass is 483 g/mol.